The van der Waals surface area contributed by atoms with E-state index in [-0.39, 0.29) is 43.3 Å². The highest BCUT2D eigenvalue weighted by Crippen LogP contribution is 2.28. The monoisotopic (exact) mass is 392 g/mol. The molecule has 6 nitrogen and oxygen atoms in total. The Bertz CT molecular complexity index is 768. The molecule has 0 N–H and O–H groups in total. The minimum atomic E-state index is -4.53. The molecule has 1 aromatic carbocycles. The number of morpholine rings is 1. The Morgan fingerprint density at radius 2 is 1.77 bits per heavy atom. The van der Waals surface area contributed by atoms with Crippen LogP contribution in [0.5, 0.6) is 0 Å². The molecule has 2 heterocycles. The molecule has 0 radical (unpaired) electrons. The number of hydrogen-bond donors (Lipinski definition) is 0. The summed E-state index contributed by atoms with van der Waals surface area (Å²) in [6, 6.07) is 6.60. The van der Waals surface area contributed by atoms with Gasteiger partial charge in [0.05, 0.1) is 30.2 Å². The first-order valence-corrected chi connectivity index (χ1v) is 10.0. The number of carbonyl (C=O) groups excluding carboxylic acids is 1. The average molecular weight is 392 g/mol. The summed E-state index contributed by atoms with van der Waals surface area (Å²) in [7, 11) is -3.08. The molecule has 2 saturated heterocycles. The minimum absolute atomic E-state index is 0.0107. The van der Waals surface area contributed by atoms with Crippen molar-refractivity contribution in [3.63, 3.8) is 0 Å². The van der Waals surface area contributed by atoms with Crippen molar-refractivity contribution in [2.24, 2.45) is 0 Å². The van der Waals surface area contributed by atoms with Crippen LogP contribution in [-0.2, 0) is 14.6 Å². The quantitative estimate of drug-likeness (QED) is 0.760. The first kappa shape index (κ1) is 19.0. The van der Waals surface area contributed by atoms with E-state index in [1.54, 1.807) is 29.2 Å². The number of anilines is 1. The number of alkyl halides is 3. The van der Waals surface area contributed by atoms with Crippen molar-refractivity contribution in [2.75, 3.05) is 49.2 Å². The van der Waals surface area contributed by atoms with Gasteiger partial charge in [-0.15, -0.1) is 0 Å². The van der Waals surface area contributed by atoms with Crippen LogP contribution in [0.3, 0.4) is 0 Å². The van der Waals surface area contributed by atoms with Crippen LogP contribution in [0.25, 0.3) is 0 Å². The number of amides is 1. The van der Waals surface area contributed by atoms with Crippen LogP contribution in [0.1, 0.15) is 10.4 Å². The van der Waals surface area contributed by atoms with Crippen LogP contribution in [-0.4, -0.2) is 75.8 Å². The first-order chi connectivity index (χ1) is 12.2. The predicted octanol–water partition coefficient (Wildman–Crippen LogP) is 1.32. The zero-order valence-electron chi connectivity index (χ0n) is 13.9. The molecule has 0 aromatic heterocycles. The second-order valence-electron chi connectivity index (χ2n) is 6.31. The number of benzene rings is 1. The van der Waals surface area contributed by atoms with Gasteiger partial charge in [-0.05, 0) is 12.1 Å². The lowest BCUT2D eigenvalue weighted by atomic mass is 10.1. The molecule has 0 saturated carbocycles. The van der Waals surface area contributed by atoms with E-state index in [1.165, 1.54) is 0 Å². The summed E-state index contributed by atoms with van der Waals surface area (Å²) in [4.78, 5) is 15.7. The molecule has 3 rings (SSSR count). The van der Waals surface area contributed by atoms with Crippen LogP contribution >= 0.6 is 0 Å². The first-order valence-electron chi connectivity index (χ1n) is 8.19. The molecular weight excluding hydrogens is 373 g/mol. The van der Waals surface area contributed by atoms with Crippen LogP contribution in [0.2, 0.25) is 0 Å². The molecule has 26 heavy (non-hydrogen) atoms. The van der Waals surface area contributed by atoms with Gasteiger partial charge in [0.1, 0.15) is 0 Å². The van der Waals surface area contributed by atoms with E-state index >= 15 is 0 Å². The Labute approximate surface area is 149 Å². The zero-order chi connectivity index (χ0) is 18.9. The lowest BCUT2D eigenvalue weighted by molar-refractivity contribution is -0.233. The van der Waals surface area contributed by atoms with Crippen molar-refractivity contribution in [2.45, 2.75) is 12.3 Å². The van der Waals surface area contributed by atoms with Gasteiger partial charge in [0.25, 0.3) is 5.91 Å². The van der Waals surface area contributed by atoms with Gasteiger partial charge in [0, 0.05) is 25.3 Å². The Balaban J connectivity index is 1.80. The summed E-state index contributed by atoms with van der Waals surface area (Å²) >= 11 is 0. The number of para-hydroxylation sites is 1. The lowest BCUT2D eigenvalue weighted by Crippen LogP contribution is -2.51. The SMILES string of the molecule is O=C(c1ccccc1N1CCS(=O)(=O)CC1)N1CCO[C@@H](C(F)(F)F)C1. The maximum absolute atomic E-state index is 12.9. The largest absolute Gasteiger partial charge is 0.416 e. The fourth-order valence-electron chi connectivity index (χ4n) is 3.09. The third-order valence-corrected chi connectivity index (χ3v) is 6.15. The lowest BCUT2D eigenvalue weighted by Gasteiger charge is -2.35. The van der Waals surface area contributed by atoms with Gasteiger partial charge >= 0.3 is 6.18 Å². The number of nitrogens with zero attached hydrogens (tertiary/aromatic N) is 2. The summed E-state index contributed by atoms with van der Waals surface area (Å²) in [5.74, 6) is -0.529. The number of carbonyl (C=O) groups is 1. The van der Waals surface area contributed by atoms with Gasteiger partial charge in [-0.3, -0.25) is 4.79 Å². The highest BCUT2D eigenvalue weighted by atomic mass is 32.2. The third kappa shape index (κ3) is 4.12. The third-order valence-electron chi connectivity index (χ3n) is 4.54. The second-order valence-corrected chi connectivity index (χ2v) is 8.61. The van der Waals surface area contributed by atoms with Gasteiger partial charge in [0.2, 0.25) is 0 Å². The number of halogens is 3. The van der Waals surface area contributed by atoms with E-state index in [0.29, 0.717) is 5.69 Å². The number of sulfone groups is 1. The molecule has 1 amide bonds. The Morgan fingerprint density at radius 3 is 2.42 bits per heavy atom. The van der Waals surface area contributed by atoms with E-state index in [2.05, 4.69) is 0 Å². The topological polar surface area (TPSA) is 66.9 Å². The maximum atomic E-state index is 12.9. The van der Waals surface area contributed by atoms with E-state index < -0.39 is 34.6 Å². The maximum Gasteiger partial charge on any atom is 0.416 e. The highest BCUT2D eigenvalue weighted by molar-refractivity contribution is 7.91. The standard InChI is InChI=1S/C16H19F3N2O4S/c17-16(18,19)14-11-21(5-8-25-14)15(22)12-3-1-2-4-13(12)20-6-9-26(23,24)10-7-20/h1-4,14H,5-11H2/t14-/m1/s1. The predicted molar refractivity (Wildman–Crippen MR) is 89.0 cm³/mol. The molecule has 10 heteroatoms. The molecule has 2 aliphatic rings. The summed E-state index contributed by atoms with van der Waals surface area (Å²) in [6.45, 7) is -0.152. The van der Waals surface area contributed by atoms with Crippen molar-refractivity contribution in [1.29, 1.82) is 0 Å². The van der Waals surface area contributed by atoms with Gasteiger partial charge in [-0.25, -0.2) is 8.42 Å². The smallest absolute Gasteiger partial charge is 0.369 e. The molecule has 2 fully saturated rings. The van der Waals surface area contributed by atoms with E-state index in [4.69, 9.17) is 4.74 Å². The fraction of sp³-hybridized carbons (Fsp3) is 0.562. The van der Waals surface area contributed by atoms with Gasteiger partial charge in [-0.1, -0.05) is 12.1 Å². The number of rotatable bonds is 2. The van der Waals surface area contributed by atoms with Crippen molar-refractivity contribution in [3.8, 4) is 0 Å². The number of hydrogen-bond acceptors (Lipinski definition) is 5. The molecule has 0 unspecified atom stereocenters. The average Bonchev–Trinajstić information content (AvgIpc) is 2.60. The highest BCUT2D eigenvalue weighted by Gasteiger charge is 2.44. The minimum Gasteiger partial charge on any atom is -0.369 e. The van der Waals surface area contributed by atoms with Crippen LogP contribution in [0.4, 0.5) is 18.9 Å². The van der Waals surface area contributed by atoms with E-state index in [0.717, 1.165) is 4.90 Å². The van der Waals surface area contributed by atoms with Crippen molar-refractivity contribution in [1.82, 2.24) is 4.90 Å². The van der Waals surface area contributed by atoms with Crippen molar-refractivity contribution < 1.29 is 31.1 Å². The Hall–Kier alpha value is -1.81. The normalized spacial score (nSPS) is 23.7. The number of ether oxygens (including phenoxy) is 1. The van der Waals surface area contributed by atoms with Crippen LogP contribution in [0, 0.1) is 0 Å². The molecule has 0 bridgehead atoms. The molecule has 0 spiro atoms. The van der Waals surface area contributed by atoms with Crippen LogP contribution < -0.4 is 4.90 Å². The zero-order valence-corrected chi connectivity index (χ0v) is 14.7. The summed E-state index contributed by atoms with van der Waals surface area (Å²) in [6.07, 6.45) is -6.52. The van der Waals surface area contributed by atoms with Crippen molar-refractivity contribution in [3.05, 3.63) is 29.8 Å². The molecular formula is C16H19F3N2O4S. The van der Waals surface area contributed by atoms with Crippen molar-refractivity contribution >= 4 is 21.4 Å². The molecule has 2 aliphatic heterocycles. The Kier molecular flexibility index (Phi) is 5.16. The van der Waals surface area contributed by atoms with Gasteiger partial charge in [-0.2, -0.15) is 13.2 Å². The fourth-order valence-corrected chi connectivity index (χ4v) is 4.29. The molecule has 0 aliphatic carbocycles. The summed E-state index contributed by atoms with van der Waals surface area (Å²) in [5, 5.41) is 0. The summed E-state index contributed by atoms with van der Waals surface area (Å²) < 4.78 is 66.6. The van der Waals surface area contributed by atoms with Gasteiger partial charge < -0.3 is 14.5 Å². The molecule has 144 valence electrons. The molecule has 1 atom stereocenters. The van der Waals surface area contributed by atoms with Crippen LogP contribution in [0.15, 0.2) is 24.3 Å². The molecule has 1 aromatic rings. The van der Waals surface area contributed by atoms with Gasteiger partial charge in [0.15, 0.2) is 15.9 Å². The second kappa shape index (κ2) is 7.07. The van der Waals surface area contributed by atoms with E-state index in [9.17, 15) is 26.4 Å². The van der Waals surface area contributed by atoms with E-state index in [1.807, 2.05) is 0 Å². The Morgan fingerprint density at radius 1 is 1.12 bits per heavy atom. The summed E-state index contributed by atoms with van der Waals surface area (Å²) in [5.41, 5.74) is 0.817.